The van der Waals surface area contributed by atoms with Crippen LogP contribution in [0.1, 0.15) is 43.4 Å². The lowest BCUT2D eigenvalue weighted by Gasteiger charge is -2.51. The summed E-state index contributed by atoms with van der Waals surface area (Å²) in [4.78, 5) is 2.48. The molecule has 0 aromatic heterocycles. The Hall–Kier alpha value is -1.75. The van der Waals surface area contributed by atoms with E-state index in [-0.39, 0.29) is 11.8 Å². The number of nitrogens with zero attached hydrogens (tertiary/aromatic N) is 3. The van der Waals surface area contributed by atoms with Crippen molar-refractivity contribution in [1.82, 2.24) is 9.91 Å². The number of likely N-dealkylation sites (tertiary alicyclic amines) is 1. The van der Waals surface area contributed by atoms with Crippen LogP contribution in [0.5, 0.6) is 5.75 Å². The maximum Gasteiger partial charge on any atom is 0.200 e. The number of piperidine rings is 1. The molecule has 0 amide bonds. The molecule has 28 heavy (non-hydrogen) atoms. The molecule has 1 unspecified atom stereocenters. The van der Waals surface area contributed by atoms with Crippen LogP contribution < -0.4 is 4.74 Å². The summed E-state index contributed by atoms with van der Waals surface area (Å²) in [5.74, 6) is 0.999. The maximum atomic E-state index is 6.64. The molecule has 3 aliphatic heterocycles. The highest BCUT2D eigenvalue weighted by atomic mass is 35.5. The molecule has 146 valence electrons. The monoisotopic (exact) mass is 415 g/mol. The largest absolute Gasteiger partial charge is 0.466 e. The van der Waals surface area contributed by atoms with Gasteiger partial charge in [0.05, 0.1) is 21.8 Å². The molecule has 0 bridgehead atoms. The highest BCUT2D eigenvalue weighted by Gasteiger charge is 2.51. The standard InChI is InChI=1S/C22H23Cl2N3O/c1-2-26-11-9-22(10-12-26)27-20(16-5-3-4-6-21(16)28-22)14-19(25-27)15-7-8-17(23)18(24)13-15/h3-8,13,20H,2,9-12,14H2,1H3. The number of fused-ring (bicyclic) bond motifs is 4. The Morgan fingerprint density at radius 2 is 1.89 bits per heavy atom. The van der Waals surface area contributed by atoms with E-state index in [1.807, 2.05) is 18.2 Å². The smallest absolute Gasteiger partial charge is 0.200 e. The van der Waals surface area contributed by atoms with E-state index in [9.17, 15) is 0 Å². The number of halogens is 2. The maximum absolute atomic E-state index is 6.64. The Bertz CT molecular complexity index is 937. The van der Waals surface area contributed by atoms with E-state index in [2.05, 4.69) is 41.1 Å². The molecule has 1 spiro atoms. The minimum absolute atomic E-state index is 0.197. The second-order valence-electron chi connectivity index (χ2n) is 7.76. The van der Waals surface area contributed by atoms with Gasteiger partial charge < -0.3 is 9.64 Å². The second kappa shape index (κ2) is 6.94. The summed E-state index contributed by atoms with van der Waals surface area (Å²) in [6, 6.07) is 14.4. The van der Waals surface area contributed by atoms with E-state index >= 15 is 0 Å². The molecule has 3 aliphatic rings. The third-order valence-corrected chi connectivity index (χ3v) is 6.98. The summed E-state index contributed by atoms with van der Waals surface area (Å²) in [6.45, 7) is 5.35. The van der Waals surface area contributed by atoms with Gasteiger partial charge in [-0.25, -0.2) is 5.01 Å². The molecule has 5 rings (SSSR count). The molecular weight excluding hydrogens is 393 g/mol. The number of hydrogen-bond acceptors (Lipinski definition) is 4. The van der Waals surface area contributed by atoms with Crippen LogP contribution in [0.2, 0.25) is 10.0 Å². The molecular formula is C22H23Cl2N3O. The quantitative estimate of drug-likeness (QED) is 0.661. The zero-order valence-electron chi connectivity index (χ0n) is 15.9. The summed E-state index contributed by atoms with van der Waals surface area (Å²) in [5, 5.41) is 8.45. The van der Waals surface area contributed by atoms with Crippen LogP contribution in [0.15, 0.2) is 47.6 Å². The van der Waals surface area contributed by atoms with Gasteiger partial charge >= 0.3 is 0 Å². The van der Waals surface area contributed by atoms with Crippen molar-refractivity contribution in [3.63, 3.8) is 0 Å². The van der Waals surface area contributed by atoms with Crippen molar-refractivity contribution < 1.29 is 4.74 Å². The second-order valence-corrected chi connectivity index (χ2v) is 8.57. The Balaban J connectivity index is 1.55. The Morgan fingerprint density at radius 3 is 2.64 bits per heavy atom. The highest BCUT2D eigenvalue weighted by molar-refractivity contribution is 6.42. The van der Waals surface area contributed by atoms with Gasteiger partial charge in [-0.3, -0.25) is 0 Å². The van der Waals surface area contributed by atoms with Crippen LogP contribution in [-0.4, -0.2) is 41.0 Å². The first-order chi connectivity index (χ1) is 13.6. The van der Waals surface area contributed by atoms with Crippen LogP contribution in [0, 0.1) is 0 Å². The zero-order valence-corrected chi connectivity index (χ0v) is 17.4. The summed E-state index contributed by atoms with van der Waals surface area (Å²) in [7, 11) is 0. The van der Waals surface area contributed by atoms with Crippen LogP contribution in [0.3, 0.4) is 0 Å². The fraction of sp³-hybridized carbons (Fsp3) is 0.409. The van der Waals surface area contributed by atoms with E-state index in [1.54, 1.807) is 0 Å². The molecule has 2 aromatic rings. The lowest BCUT2D eigenvalue weighted by molar-refractivity contribution is -0.149. The Morgan fingerprint density at radius 1 is 1.11 bits per heavy atom. The van der Waals surface area contributed by atoms with E-state index in [1.165, 1.54) is 5.56 Å². The summed E-state index contributed by atoms with van der Waals surface area (Å²) in [5.41, 5.74) is 2.91. The normalized spacial score (nSPS) is 23.2. The highest BCUT2D eigenvalue weighted by Crippen LogP contribution is 2.50. The van der Waals surface area contributed by atoms with Gasteiger partial charge in [0.25, 0.3) is 0 Å². The molecule has 0 saturated carbocycles. The van der Waals surface area contributed by atoms with E-state index in [4.69, 9.17) is 33.0 Å². The minimum atomic E-state index is -0.372. The van der Waals surface area contributed by atoms with Crippen LogP contribution in [-0.2, 0) is 0 Å². The van der Waals surface area contributed by atoms with Crippen molar-refractivity contribution in [1.29, 1.82) is 0 Å². The Labute approximate surface area is 175 Å². The van der Waals surface area contributed by atoms with Gasteiger partial charge in [0.2, 0.25) is 5.72 Å². The van der Waals surface area contributed by atoms with Gasteiger partial charge in [-0.1, -0.05) is 54.4 Å². The summed E-state index contributed by atoms with van der Waals surface area (Å²) in [6.07, 6.45) is 2.74. The van der Waals surface area contributed by atoms with Crippen LogP contribution in [0.25, 0.3) is 0 Å². The van der Waals surface area contributed by atoms with Gasteiger partial charge in [-0.05, 0) is 30.3 Å². The summed E-state index contributed by atoms with van der Waals surface area (Å²) >= 11 is 12.4. The lowest BCUT2D eigenvalue weighted by Crippen LogP contribution is -2.59. The van der Waals surface area contributed by atoms with Crippen molar-refractivity contribution in [2.45, 2.75) is 38.0 Å². The number of hydrazone groups is 1. The fourth-order valence-electron chi connectivity index (χ4n) is 4.63. The van der Waals surface area contributed by atoms with Gasteiger partial charge in [0, 0.05) is 37.9 Å². The third-order valence-electron chi connectivity index (χ3n) is 6.24. The molecule has 3 heterocycles. The molecule has 2 aromatic carbocycles. The molecule has 1 fully saturated rings. The predicted octanol–water partition coefficient (Wildman–Crippen LogP) is 5.35. The zero-order chi connectivity index (χ0) is 19.3. The lowest BCUT2D eigenvalue weighted by atomic mass is 9.91. The van der Waals surface area contributed by atoms with E-state index < -0.39 is 0 Å². The predicted molar refractivity (Wildman–Crippen MR) is 113 cm³/mol. The van der Waals surface area contributed by atoms with Crippen LogP contribution in [0.4, 0.5) is 0 Å². The van der Waals surface area contributed by atoms with Gasteiger partial charge in [0.1, 0.15) is 5.75 Å². The summed E-state index contributed by atoms with van der Waals surface area (Å²) < 4.78 is 6.64. The van der Waals surface area contributed by atoms with Crippen LogP contribution >= 0.6 is 23.2 Å². The van der Waals surface area contributed by atoms with Crippen molar-refractivity contribution in [2.75, 3.05) is 19.6 Å². The van der Waals surface area contributed by atoms with Crippen molar-refractivity contribution >= 4 is 28.9 Å². The van der Waals surface area contributed by atoms with Gasteiger partial charge in [-0.15, -0.1) is 0 Å². The average Bonchev–Trinajstić information content (AvgIpc) is 3.18. The molecule has 4 nitrogen and oxygen atoms in total. The fourth-order valence-corrected chi connectivity index (χ4v) is 4.93. The minimum Gasteiger partial charge on any atom is -0.466 e. The molecule has 0 aliphatic carbocycles. The molecule has 1 atom stereocenters. The number of ether oxygens (including phenoxy) is 1. The van der Waals surface area contributed by atoms with E-state index in [0.29, 0.717) is 10.0 Å². The average molecular weight is 416 g/mol. The van der Waals surface area contributed by atoms with Crippen molar-refractivity contribution in [2.24, 2.45) is 5.10 Å². The van der Waals surface area contributed by atoms with Crippen molar-refractivity contribution in [3.05, 3.63) is 63.6 Å². The SMILES string of the molecule is CCN1CCC2(CC1)Oc1ccccc1C1CC(c3ccc(Cl)c(Cl)c3)=NN12. The van der Waals surface area contributed by atoms with E-state index in [0.717, 1.165) is 55.9 Å². The number of rotatable bonds is 2. The molecule has 1 saturated heterocycles. The number of benzene rings is 2. The van der Waals surface area contributed by atoms with Crippen molar-refractivity contribution in [3.8, 4) is 5.75 Å². The number of para-hydroxylation sites is 1. The topological polar surface area (TPSA) is 28.1 Å². The molecule has 0 radical (unpaired) electrons. The number of hydrogen-bond donors (Lipinski definition) is 0. The van der Waals surface area contributed by atoms with Gasteiger partial charge in [-0.2, -0.15) is 5.10 Å². The Kier molecular flexibility index (Phi) is 4.53. The first-order valence-electron chi connectivity index (χ1n) is 9.92. The first-order valence-corrected chi connectivity index (χ1v) is 10.7. The van der Waals surface area contributed by atoms with Gasteiger partial charge in [0.15, 0.2) is 0 Å². The molecule has 0 N–H and O–H groups in total. The molecule has 6 heteroatoms. The third kappa shape index (κ3) is 2.90. The first kappa shape index (κ1) is 18.3.